The van der Waals surface area contributed by atoms with Gasteiger partial charge in [-0.2, -0.15) is 0 Å². The van der Waals surface area contributed by atoms with Crippen molar-refractivity contribution in [1.82, 2.24) is 9.97 Å². The van der Waals surface area contributed by atoms with Crippen molar-refractivity contribution in [2.24, 2.45) is 5.92 Å². The molecule has 2 heterocycles. The lowest BCUT2D eigenvalue weighted by Crippen LogP contribution is -2.33. The number of carbonyl (C=O) groups is 1. The Balaban J connectivity index is 1.37. The predicted octanol–water partition coefficient (Wildman–Crippen LogP) is 4.56. The van der Waals surface area contributed by atoms with Gasteiger partial charge >= 0.3 is 0 Å². The molecule has 4 rings (SSSR count). The number of nitrogens with zero attached hydrogens (tertiary/aromatic N) is 3. The maximum Gasteiger partial charge on any atom is 0.229 e. The van der Waals surface area contributed by atoms with Crippen LogP contribution in [0.15, 0.2) is 67.0 Å². The van der Waals surface area contributed by atoms with Crippen LogP contribution in [0.25, 0.3) is 11.1 Å². The Bertz CT molecular complexity index is 948. The van der Waals surface area contributed by atoms with Crippen LogP contribution >= 0.6 is 0 Å². The molecule has 1 N–H and O–H groups in total. The first-order chi connectivity index (χ1) is 14.2. The van der Waals surface area contributed by atoms with E-state index >= 15 is 0 Å². The third-order valence-electron chi connectivity index (χ3n) is 5.45. The lowest BCUT2D eigenvalue weighted by Gasteiger charge is -2.31. The summed E-state index contributed by atoms with van der Waals surface area (Å²) in [6.45, 7) is 4.29. The number of hydrogen-bond acceptors (Lipinski definition) is 4. The standard InChI is InChI=1S/C24H26N4O/c1-18-11-13-28(14-12-18)23-16-22(25-17-26-23)27-24(29)15-19-7-9-21(10-8-19)20-5-3-2-4-6-20/h2-10,16-18H,11-15H2,1H3,(H,25,26,27,29). The van der Waals surface area contributed by atoms with Gasteiger partial charge in [-0.1, -0.05) is 61.5 Å². The number of anilines is 2. The molecule has 148 valence electrons. The molecule has 2 aromatic carbocycles. The Morgan fingerprint density at radius 3 is 2.41 bits per heavy atom. The monoisotopic (exact) mass is 386 g/mol. The Labute approximate surface area is 171 Å². The summed E-state index contributed by atoms with van der Waals surface area (Å²) in [4.78, 5) is 23.3. The molecule has 5 heteroatoms. The van der Waals surface area contributed by atoms with Crippen LogP contribution in [0.2, 0.25) is 0 Å². The van der Waals surface area contributed by atoms with E-state index in [-0.39, 0.29) is 5.91 Å². The first-order valence-electron chi connectivity index (χ1n) is 10.2. The van der Waals surface area contributed by atoms with Crippen LogP contribution in [-0.4, -0.2) is 29.0 Å². The van der Waals surface area contributed by atoms with Crippen LogP contribution in [-0.2, 0) is 11.2 Å². The van der Waals surface area contributed by atoms with E-state index in [0.29, 0.717) is 12.2 Å². The average Bonchev–Trinajstić information content (AvgIpc) is 2.75. The van der Waals surface area contributed by atoms with Crippen molar-refractivity contribution in [3.05, 3.63) is 72.6 Å². The van der Waals surface area contributed by atoms with Crippen LogP contribution in [0, 0.1) is 5.92 Å². The van der Waals surface area contributed by atoms with Gasteiger partial charge in [-0.15, -0.1) is 0 Å². The summed E-state index contributed by atoms with van der Waals surface area (Å²) in [6.07, 6.45) is 4.18. The average molecular weight is 386 g/mol. The summed E-state index contributed by atoms with van der Waals surface area (Å²) in [6, 6.07) is 20.2. The van der Waals surface area contributed by atoms with Crippen LogP contribution in [0.1, 0.15) is 25.3 Å². The van der Waals surface area contributed by atoms with Crippen molar-refractivity contribution in [2.75, 3.05) is 23.3 Å². The summed E-state index contributed by atoms with van der Waals surface area (Å²) < 4.78 is 0. The molecule has 1 aromatic heterocycles. The van der Waals surface area contributed by atoms with Crippen molar-refractivity contribution in [3.8, 4) is 11.1 Å². The van der Waals surface area contributed by atoms with E-state index < -0.39 is 0 Å². The van der Waals surface area contributed by atoms with Crippen molar-refractivity contribution < 1.29 is 4.79 Å². The number of nitrogens with one attached hydrogen (secondary N) is 1. The van der Waals surface area contributed by atoms with Crippen LogP contribution in [0.4, 0.5) is 11.6 Å². The lowest BCUT2D eigenvalue weighted by molar-refractivity contribution is -0.115. The van der Waals surface area contributed by atoms with Gasteiger partial charge in [0.1, 0.15) is 18.0 Å². The highest BCUT2D eigenvalue weighted by Gasteiger charge is 2.17. The van der Waals surface area contributed by atoms with Gasteiger partial charge < -0.3 is 10.2 Å². The molecular weight excluding hydrogens is 360 g/mol. The number of hydrogen-bond donors (Lipinski definition) is 1. The quantitative estimate of drug-likeness (QED) is 0.698. The highest BCUT2D eigenvalue weighted by molar-refractivity contribution is 5.91. The molecule has 0 spiro atoms. The molecule has 1 aliphatic rings. The van der Waals surface area contributed by atoms with E-state index in [4.69, 9.17) is 0 Å². The number of rotatable bonds is 5. The second-order valence-electron chi connectivity index (χ2n) is 7.72. The fraction of sp³-hybridized carbons (Fsp3) is 0.292. The highest BCUT2D eigenvalue weighted by atomic mass is 16.1. The third-order valence-corrected chi connectivity index (χ3v) is 5.45. The number of amides is 1. The topological polar surface area (TPSA) is 58.1 Å². The third kappa shape index (κ3) is 4.99. The van der Waals surface area contributed by atoms with Crippen molar-refractivity contribution in [3.63, 3.8) is 0 Å². The molecule has 1 amide bonds. The summed E-state index contributed by atoms with van der Waals surface area (Å²) >= 11 is 0. The Hall–Kier alpha value is -3.21. The van der Waals surface area contributed by atoms with Gasteiger partial charge in [-0.3, -0.25) is 4.79 Å². The molecule has 0 bridgehead atoms. The largest absolute Gasteiger partial charge is 0.356 e. The number of piperidine rings is 1. The summed E-state index contributed by atoms with van der Waals surface area (Å²) in [7, 11) is 0. The zero-order valence-electron chi connectivity index (χ0n) is 16.7. The Morgan fingerprint density at radius 2 is 1.69 bits per heavy atom. The van der Waals surface area contributed by atoms with E-state index in [1.54, 1.807) is 0 Å². The minimum absolute atomic E-state index is 0.0747. The lowest BCUT2D eigenvalue weighted by atomic mass is 9.99. The Morgan fingerprint density at radius 1 is 1.00 bits per heavy atom. The zero-order chi connectivity index (χ0) is 20.1. The fourth-order valence-electron chi connectivity index (χ4n) is 3.64. The molecule has 3 aromatic rings. The minimum Gasteiger partial charge on any atom is -0.356 e. The van der Waals surface area contributed by atoms with Gasteiger partial charge in [0.05, 0.1) is 6.42 Å². The van der Waals surface area contributed by atoms with E-state index in [1.165, 1.54) is 24.7 Å². The van der Waals surface area contributed by atoms with Gasteiger partial charge in [0.2, 0.25) is 5.91 Å². The van der Waals surface area contributed by atoms with E-state index in [1.807, 2.05) is 36.4 Å². The van der Waals surface area contributed by atoms with Crippen LogP contribution in [0.5, 0.6) is 0 Å². The summed E-state index contributed by atoms with van der Waals surface area (Å²) in [5.41, 5.74) is 3.29. The zero-order valence-corrected chi connectivity index (χ0v) is 16.7. The number of carbonyl (C=O) groups excluding carboxylic acids is 1. The van der Waals surface area contributed by atoms with Crippen LogP contribution in [0.3, 0.4) is 0 Å². The maximum absolute atomic E-state index is 12.5. The highest BCUT2D eigenvalue weighted by Crippen LogP contribution is 2.23. The van der Waals surface area contributed by atoms with Gasteiger partial charge in [0.25, 0.3) is 0 Å². The van der Waals surface area contributed by atoms with E-state index in [0.717, 1.165) is 36.0 Å². The second-order valence-corrected chi connectivity index (χ2v) is 7.72. The fourth-order valence-corrected chi connectivity index (χ4v) is 3.64. The Kier molecular flexibility index (Phi) is 5.84. The van der Waals surface area contributed by atoms with E-state index in [2.05, 4.69) is 51.4 Å². The molecule has 1 aliphatic heterocycles. The molecule has 0 atom stereocenters. The van der Waals surface area contributed by atoms with Crippen molar-refractivity contribution >= 4 is 17.5 Å². The second kappa shape index (κ2) is 8.86. The minimum atomic E-state index is -0.0747. The van der Waals surface area contributed by atoms with Gasteiger partial charge in [-0.25, -0.2) is 9.97 Å². The summed E-state index contributed by atoms with van der Waals surface area (Å²) in [5, 5.41) is 2.91. The first-order valence-corrected chi connectivity index (χ1v) is 10.2. The number of benzene rings is 2. The van der Waals surface area contributed by atoms with Crippen molar-refractivity contribution in [1.29, 1.82) is 0 Å². The molecule has 0 radical (unpaired) electrons. The maximum atomic E-state index is 12.5. The molecule has 0 aliphatic carbocycles. The summed E-state index contributed by atoms with van der Waals surface area (Å²) in [5.74, 6) is 2.13. The SMILES string of the molecule is CC1CCN(c2cc(NC(=O)Cc3ccc(-c4ccccc4)cc3)ncn2)CC1. The molecule has 1 saturated heterocycles. The molecule has 5 nitrogen and oxygen atoms in total. The first kappa shape index (κ1) is 19.1. The predicted molar refractivity (Wildman–Crippen MR) is 117 cm³/mol. The normalized spacial score (nSPS) is 14.6. The molecule has 0 unspecified atom stereocenters. The molecule has 0 saturated carbocycles. The van der Waals surface area contributed by atoms with Crippen LogP contribution < -0.4 is 10.2 Å². The van der Waals surface area contributed by atoms with Crippen molar-refractivity contribution in [2.45, 2.75) is 26.2 Å². The van der Waals surface area contributed by atoms with Gasteiger partial charge in [0.15, 0.2) is 0 Å². The van der Waals surface area contributed by atoms with Gasteiger partial charge in [0, 0.05) is 19.2 Å². The van der Waals surface area contributed by atoms with Gasteiger partial charge in [-0.05, 0) is 35.4 Å². The molecule has 1 fully saturated rings. The molecular formula is C24H26N4O. The molecule has 29 heavy (non-hydrogen) atoms. The van der Waals surface area contributed by atoms with E-state index in [9.17, 15) is 4.79 Å². The number of aromatic nitrogens is 2. The smallest absolute Gasteiger partial charge is 0.229 e.